The Morgan fingerprint density at radius 1 is 1.11 bits per heavy atom. The van der Waals surface area contributed by atoms with Gasteiger partial charge < -0.3 is 9.64 Å². The smallest absolute Gasteiger partial charge is 0.224 e. The Kier molecular flexibility index (Phi) is 8.29. The fourth-order valence-corrected chi connectivity index (χ4v) is 4.52. The summed E-state index contributed by atoms with van der Waals surface area (Å²) in [5.41, 5.74) is 2.77. The lowest BCUT2D eigenvalue weighted by Crippen LogP contribution is -2.35. The molecule has 2 heterocycles. The molecule has 1 saturated heterocycles. The number of amides is 1. The van der Waals surface area contributed by atoms with Crippen LogP contribution in [0.25, 0.3) is 11.4 Å². The van der Waals surface area contributed by atoms with Gasteiger partial charge in [-0.15, -0.1) is 0 Å². The number of aromatic amines is 1. The zero-order chi connectivity index (χ0) is 24.6. The van der Waals surface area contributed by atoms with Gasteiger partial charge in [0, 0.05) is 51.3 Å². The van der Waals surface area contributed by atoms with Gasteiger partial charge in [-0.3, -0.25) is 19.4 Å². The first-order chi connectivity index (χ1) is 17.1. The monoisotopic (exact) mass is 490 g/mol. The Bertz CT molecular complexity index is 1230. The lowest BCUT2D eigenvalue weighted by atomic mass is 10.1. The van der Waals surface area contributed by atoms with Crippen molar-refractivity contribution in [3.63, 3.8) is 0 Å². The second-order valence-electron chi connectivity index (χ2n) is 8.53. The van der Waals surface area contributed by atoms with Gasteiger partial charge in [-0.25, -0.2) is 0 Å². The number of ether oxygens (including phenoxy) is 1. The van der Waals surface area contributed by atoms with Crippen LogP contribution in [0, 0.1) is 16.1 Å². The van der Waals surface area contributed by atoms with Gasteiger partial charge in [0.15, 0.2) is 10.6 Å². The van der Waals surface area contributed by atoms with Gasteiger partial charge in [0.1, 0.15) is 5.75 Å². The standard InChI is InChI=1S/C26H30N6O2S/c1-2-34-23-10-8-22(9-11-23)25-28-29-26(35)32(25)15-12-24(33)31-14-3-13-30(16-17-31)19-21-6-4-20(18-27)5-7-21/h4-11H,2-3,12-17,19H2,1H3,(H,29,35). The first kappa shape index (κ1) is 24.6. The van der Waals surface area contributed by atoms with E-state index in [-0.39, 0.29) is 5.91 Å². The molecule has 0 radical (unpaired) electrons. The normalized spacial score (nSPS) is 14.3. The second-order valence-corrected chi connectivity index (χ2v) is 8.92. The van der Waals surface area contributed by atoms with Gasteiger partial charge in [0.25, 0.3) is 0 Å². The minimum Gasteiger partial charge on any atom is -0.494 e. The third kappa shape index (κ3) is 6.35. The Hall–Kier alpha value is -3.48. The van der Waals surface area contributed by atoms with Crippen LogP contribution in [0.4, 0.5) is 0 Å². The summed E-state index contributed by atoms with van der Waals surface area (Å²) in [5, 5.41) is 16.2. The van der Waals surface area contributed by atoms with E-state index in [0.717, 1.165) is 49.7 Å². The number of benzene rings is 2. The quantitative estimate of drug-likeness (QED) is 0.480. The maximum atomic E-state index is 13.0. The van der Waals surface area contributed by atoms with Crippen molar-refractivity contribution >= 4 is 18.1 Å². The highest BCUT2D eigenvalue weighted by Gasteiger charge is 2.20. The summed E-state index contributed by atoms with van der Waals surface area (Å²) in [6.07, 6.45) is 1.30. The summed E-state index contributed by atoms with van der Waals surface area (Å²) < 4.78 is 7.91. The molecule has 0 saturated carbocycles. The molecule has 0 aliphatic carbocycles. The number of rotatable bonds is 8. The van der Waals surface area contributed by atoms with Gasteiger partial charge in [-0.2, -0.15) is 10.4 Å². The molecule has 4 rings (SSSR count). The number of carbonyl (C=O) groups is 1. The van der Waals surface area contributed by atoms with Crippen LogP contribution in [0.2, 0.25) is 0 Å². The molecule has 8 nitrogen and oxygen atoms in total. The van der Waals surface area contributed by atoms with E-state index in [1.165, 1.54) is 5.56 Å². The molecule has 1 aromatic heterocycles. The van der Waals surface area contributed by atoms with Crippen molar-refractivity contribution in [1.82, 2.24) is 24.6 Å². The van der Waals surface area contributed by atoms with Crippen LogP contribution < -0.4 is 4.74 Å². The molecule has 0 bridgehead atoms. The zero-order valence-electron chi connectivity index (χ0n) is 19.9. The van der Waals surface area contributed by atoms with Gasteiger partial charge in [0.2, 0.25) is 5.91 Å². The minimum atomic E-state index is 0.131. The predicted octanol–water partition coefficient (Wildman–Crippen LogP) is 4.00. The van der Waals surface area contributed by atoms with E-state index in [4.69, 9.17) is 22.2 Å². The maximum Gasteiger partial charge on any atom is 0.224 e. The summed E-state index contributed by atoms with van der Waals surface area (Å²) in [6.45, 7) is 7.10. The number of aromatic nitrogens is 3. The van der Waals surface area contributed by atoms with Crippen LogP contribution in [0.5, 0.6) is 5.75 Å². The average molecular weight is 491 g/mol. The van der Waals surface area contributed by atoms with Crippen molar-refractivity contribution in [2.24, 2.45) is 0 Å². The zero-order valence-corrected chi connectivity index (χ0v) is 20.8. The highest BCUT2D eigenvalue weighted by molar-refractivity contribution is 7.71. The fraction of sp³-hybridized carbons (Fsp3) is 0.385. The van der Waals surface area contributed by atoms with E-state index in [1.807, 2.05) is 64.9 Å². The van der Waals surface area contributed by atoms with Gasteiger partial charge in [-0.05, 0) is 67.5 Å². The van der Waals surface area contributed by atoms with E-state index in [9.17, 15) is 4.79 Å². The summed E-state index contributed by atoms with van der Waals surface area (Å²) in [5.74, 6) is 1.66. The Labute approximate surface area is 210 Å². The molecule has 1 N–H and O–H groups in total. The van der Waals surface area contributed by atoms with Gasteiger partial charge >= 0.3 is 0 Å². The molecule has 0 spiro atoms. The minimum absolute atomic E-state index is 0.131. The predicted molar refractivity (Wildman–Crippen MR) is 136 cm³/mol. The van der Waals surface area contributed by atoms with E-state index in [0.29, 0.717) is 36.5 Å². The molecule has 182 valence electrons. The third-order valence-electron chi connectivity index (χ3n) is 6.16. The Morgan fingerprint density at radius 3 is 2.60 bits per heavy atom. The highest BCUT2D eigenvalue weighted by atomic mass is 32.1. The molecule has 35 heavy (non-hydrogen) atoms. The topological polar surface area (TPSA) is 90.2 Å². The molecule has 1 aliphatic heterocycles. The van der Waals surface area contributed by atoms with E-state index in [1.54, 1.807) is 0 Å². The van der Waals surface area contributed by atoms with Crippen LogP contribution in [0.15, 0.2) is 48.5 Å². The number of H-pyrrole nitrogens is 1. The first-order valence-corrected chi connectivity index (χ1v) is 12.4. The van der Waals surface area contributed by atoms with E-state index >= 15 is 0 Å². The van der Waals surface area contributed by atoms with Crippen LogP contribution in [0.3, 0.4) is 0 Å². The molecule has 3 aromatic rings. The van der Waals surface area contributed by atoms with Crippen molar-refractivity contribution in [2.75, 3.05) is 32.8 Å². The van der Waals surface area contributed by atoms with Crippen molar-refractivity contribution in [3.8, 4) is 23.2 Å². The van der Waals surface area contributed by atoms with Crippen molar-refractivity contribution < 1.29 is 9.53 Å². The number of carbonyl (C=O) groups excluding carboxylic acids is 1. The largest absolute Gasteiger partial charge is 0.494 e. The number of hydrogen-bond acceptors (Lipinski definition) is 6. The van der Waals surface area contributed by atoms with Crippen molar-refractivity contribution in [1.29, 1.82) is 5.26 Å². The maximum absolute atomic E-state index is 13.0. The second kappa shape index (κ2) is 11.8. The Morgan fingerprint density at radius 2 is 1.89 bits per heavy atom. The number of nitrogens with one attached hydrogen (secondary N) is 1. The van der Waals surface area contributed by atoms with Crippen LogP contribution in [-0.4, -0.2) is 63.3 Å². The van der Waals surface area contributed by atoms with Gasteiger partial charge in [0.05, 0.1) is 18.2 Å². The molecule has 2 aromatic carbocycles. The summed E-state index contributed by atoms with van der Waals surface area (Å²) in [4.78, 5) is 17.4. The molecule has 1 fully saturated rings. The molecular weight excluding hydrogens is 460 g/mol. The number of hydrogen-bond donors (Lipinski definition) is 1. The van der Waals surface area contributed by atoms with Crippen LogP contribution in [-0.2, 0) is 17.9 Å². The highest BCUT2D eigenvalue weighted by Crippen LogP contribution is 2.21. The third-order valence-corrected chi connectivity index (χ3v) is 6.47. The molecular formula is C26H30N6O2S. The molecule has 9 heteroatoms. The van der Waals surface area contributed by atoms with E-state index < -0.39 is 0 Å². The SMILES string of the molecule is CCOc1ccc(-c2n[nH]c(=S)n2CCC(=O)N2CCCN(Cc3ccc(C#N)cc3)CC2)cc1. The summed E-state index contributed by atoms with van der Waals surface area (Å²) in [6, 6.07) is 17.6. The lowest BCUT2D eigenvalue weighted by Gasteiger charge is -2.22. The fourth-order valence-electron chi connectivity index (χ4n) is 4.30. The lowest BCUT2D eigenvalue weighted by molar-refractivity contribution is -0.131. The molecule has 1 amide bonds. The van der Waals surface area contributed by atoms with Crippen LogP contribution >= 0.6 is 12.2 Å². The number of nitrogens with zero attached hydrogens (tertiary/aromatic N) is 5. The average Bonchev–Trinajstić information content (AvgIpc) is 3.08. The molecule has 1 aliphatic rings. The van der Waals surface area contributed by atoms with Crippen molar-refractivity contribution in [3.05, 3.63) is 64.4 Å². The first-order valence-electron chi connectivity index (χ1n) is 11.9. The summed E-state index contributed by atoms with van der Waals surface area (Å²) in [7, 11) is 0. The van der Waals surface area contributed by atoms with E-state index in [2.05, 4.69) is 21.2 Å². The molecule has 0 unspecified atom stereocenters. The van der Waals surface area contributed by atoms with Crippen LogP contribution in [0.1, 0.15) is 30.9 Å². The number of nitriles is 1. The summed E-state index contributed by atoms with van der Waals surface area (Å²) >= 11 is 5.43. The molecule has 0 atom stereocenters. The van der Waals surface area contributed by atoms with Gasteiger partial charge in [-0.1, -0.05) is 12.1 Å². The Balaban J connectivity index is 1.33. The van der Waals surface area contributed by atoms with Crippen molar-refractivity contribution in [2.45, 2.75) is 32.9 Å².